The van der Waals surface area contributed by atoms with E-state index >= 15 is 0 Å². The van der Waals surface area contributed by atoms with Gasteiger partial charge in [-0.3, -0.25) is 4.79 Å². The van der Waals surface area contributed by atoms with Crippen molar-refractivity contribution in [3.8, 4) is 0 Å². The van der Waals surface area contributed by atoms with Crippen molar-refractivity contribution in [2.75, 3.05) is 13.7 Å². The Balaban J connectivity index is 4.02. The fraction of sp³-hybridized carbons (Fsp3) is 0.900. The number of methoxy groups -OCH3 is 1. The molecule has 0 aromatic rings. The lowest BCUT2D eigenvalue weighted by molar-refractivity contribution is -0.125. The summed E-state index contributed by atoms with van der Waals surface area (Å²) in [6, 6.07) is 0.125. The molecule has 1 amide bonds. The predicted molar refractivity (Wildman–Crippen MR) is 53.5 cm³/mol. The van der Waals surface area contributed by atoms with E-state index in [2.05, 4.69) is 19.2 Å². The van der Waals surface area contributed by atoms with E-state index in [4.69, 9.17) is 4.74 Å². The molecule has 3 nitrogen and oxygen atoms in total. The Morgan fingerprint density at radius 2 is 1.85 bits per heavy atom. The minimum atomic E-state index is 0.0399. The normalized spacial score (nSPS) is 13.5. The third-order valence-electron chi connectivity index (χ3n) is 2.00. The first-order valence-corrected chi connectivity index (χ1v) is 4.78. The molecule has 0 aliphatic rings. The summed E-state index contributed by atoms with van der Waals surface area (Å²) in [4.78, 5) is 11.4. The van der Waals surface area contributed by atoms with Gasteiger partial charge in [-0.1, -0.05) is 27.7 Å². The average Bonchev–Trinajstić information content (AvgIpc) is 2.03. The number of nitrogens with one attached hydrogen (secondary N) is 1. The van der Waals surface area contributed by atoms with Crippen LogP contribution in [0.5, 0.6) is 0 Å². The molecule has 0 radical (unpaired) electrons. The first-order chi connectivity index (χ1) is 5.99. The van der Waals surface area contributed by atoms with Gasteiger partial charge >= 0.3 is 0 Å². The van der Waals surface area contributed by atoms with E-state index in [0.717, 1.165) is 0 Å². The van der Waals surface area contributed by atoms with E-state index in [1.807, 2.05) is 13.8 Å². The molecule has 1 N–H and O–H groups in total. The fourth-order valence-electron chi connectivity index (χ4n) is 0.930. The molecular weight excluding hydrogens is 166 g/mol. The van der Waals surface area contributed by atoms with Gasteiger partial charge in [0, 0.05) is 13.0 Å². The topological polar surface area (TPSA) is 38.3 Å². The van der Waals surface area contributed by atoms with Gasteiger partial charge in [0.05, 0.1) is 12.6 Å². The molecular formula is C10H21NO2. The van der Waals surface area contributed by atoms with Crippen LogP contribution < -0.4 is 5.32 Å². The van der Waals surface area contributed by atoms with E-state index in [0.29, 0.717) is 12.5 Å². The number of hydrogen-bond acceptors (Lipinski definition) is 2. The zero-order valence-electron chi connectivity index (χ0n) is 9.26. The molecule has 0 saturated heterocycles. The van der Waals surface area contributed by atoms with Gasteiger partial charge < -0.3 is 10.1 Å². The minimum Gasteiger partial charge on any atom is -0.383 e. The van der Waals surface area contributed by atoms with Gasteiger partial charge in [0.15, 0.2) is 0 Å². The monoisotopic (exact) mass is 187 g/mol. The molecule has 0 bridgehead atoms. The highest BCUT2D eigenvalue weighted by molar-refractivity contribution is 5.78. The zero-order valence-corrected chi connectivity index (χ0v) is 9.26. The van der Waals surface area contributed by atoms with Crippen LogP contribution >= 0.6 is 0 Å². The summed E-state index contributed by atoms with van der Waals surface area (Å²) in [6.45, 7) is 8.50. The van der Waals surface area contributed by atoms with Gasteiger partial charge in [-0.05, 0) is 5.92 Å². The standard InChI is InChI=1S/C10H21NO2/c1-7(2)9(6-13-5)11-10(12)8(3)4/h7-9H,6H2,1-5H3,(H,11,12)/t9-/m1/s1. The SMILES string of the molecule is COC[C@@H](NC(=O)C(C)C)C(C)C. The third-order valence-corrected chi connectivity index (χ3v) is 2.00. The predicted octanol–water partition coefficient (Wildman–Crippen LogP) is 1.43. The molecule has 0 rings (SSSR count). The van der Waals surface area contributed by atoms with Crippen LogP contribution in [0.3, 0.4) is 0 Å². The maximum atomic E-state index is 11.4. The molecule has 0 saturated carbocycles. The molecule has 78 valence electrons. The number of hydrogen-bond donors (Lipinski definition) is 1. The Labute approximate surface area is 80.8 Å². The number of carbonyl (C=O) groups is 1. The summed E-state index contributed by atoms with van der Waals surface area (Å²) in [5, 5.41) is 2.95. The summed E-state index contributed by atoms with van der Waals surface area (Å²) in [5.41, 5.74) is 0. The largest absolute Gasteiger partial charge is 0.383 e. The highest BCUT2D eigenvalue weighted by Gasteiger charge is 2.17. The Morgan fingerprint density at radius 1 is 1.31 bits per heavy atom. The summed E-state index contributed by atoms with van der Waals surface area (Å²) < 4.78 is 5.03. The second-order valence-corrected chi connectivity index (χ2v) is 3.97. The molecule has 0 fully saturated rings. The lowest BCUT2D eigenvalue weighted by Gasteiger charge is -2.22. The van der Waals surface area contributed by atoms with Crippen molar-refractivity contribution in [3.63, 3.8) is 0 Å². The van der Waals surface area contributed by atoms with Crippen LogP contribution in [0.25, 0.3) is 0 Å². The summed E-state index contributed by atoms with van der Waals surface area (Å²) >= 11 is 0. The van der Waals surface area contributed by atoms with Crippen molar-refractivity contribution in [1.29, 1.82) is 0 Å². The number of ether oxygens (including phenoxy) is 1. The maximum Gasteiger partial charge on any atom is 0.222 e. The molecule has 0 aromatic heterocycles. The molecule has 3 heteroatoms. The fourth-order valence-corrected chi connectivity index (χ4v) is 0.930. The first-order valence-electron chi connectivity index (χ1n) is 4.78. The Hall–Kier alpha value is -0.570. The number of carbonyl (C=O) groups excluding carboxylic acids is 1. The van der Waals surface area contributed by atoms with Crippen molar-refractivity contribution in [2.45, 2.75) is 33.7 Å². The van der Waals surface area contributed by atoms with Crippen LogP contribution in [-0.2, 0) is 9.53 Å². The summed E-state index contributed by atoms with van der Waals surface area (Å²) in [5.74, 6) is 0.538. The Morgan fingerprint density at radius 3 is 2.15 bits per heavy atom. The van der Waals surface area contributed by atoms with Gasteiger partial charge in [-0.25, -0.2) is 0 Å². The average molecular weight is 187 g/mol. The number of amides is 1. The third kappa shape index (κ3) is 4.88. The first kappa shape index (κ1) is 12.4. The van der Waals surface area contributed by atoms with Gasteiger partial charge in [-0.15, -0.1) is 0 Å². The van der Waals surface area contributed by atoms with Crippen LogP contribution in [0, 0.1) is 11.8 Å². The Kier molecular flexibility index (Phi) is 5.71. The van der Waals surface area contributed by atoms with Crippen molar-refractivity contribution in [3.05, 3.63) is 0 Å². The molecule has 13 heavy (non-hydrogen) atoms. The molecule has 0 heterocycles. The number of rotatable bonds is 5. The van der Waals surface area contributed by atoms with E-state index < -0.39 is 0 Å². The van der Waals surface area contributed by atoms with Crippen LogP contribution in [0.15, 0.2) is 0 Å². The van der Waals surface area contributed by atoms with Gasteiger partial charge in [0.25, 0.3) is 0 Å². The van der Waals surface area contributed by atoms with Crippen LogP contribution in [-0.4, -0.2) is 25.7 Å². The lowest BCUT2D eigenvalue weighted by atomic mass is 10.0. The van der Waals surface area contributed by atoms with Crippen molar-refractivity contribution in [2.24, 2.45) is 11.8 Å². The molecule has 0 aliphatic carbocycles. The van der Waals surface area contributed by atoms with E-state index in [1.165, 1.54) is 0 Å². The summed E-state index contributed by atoms with van der Waals surface area (Å²) in [7, 11) is 1.65. The smallest absolute Gasteiger partial charge is 0.222 e. The highest BCUT2D eigenvalue weighted by Crippen LogP contribution is 2.03. The van der Waals surface area contributed by atoms with E-state index in [1.54, 1.807) is 7.11 Å². The summed E-state index contributed by atoms with van der Waals surface area (Å²) in [6.07, 6.45) is 0. The second-order valence-electron chi connectivity index (χ2n) is 3.97. The second kappa shape index (κ2) is 5.97. The molecule has 0 aromatic carbocycles. The van der Waals surface area contributed by atoms with Gasteiger partial charge in [0.1, 0.15) is 0 Å². The van der Waals surface area contributed by atoms with Crippen molar-refractivity contribution in [1.82, 2.24) is 5.32 Å². The molecule has 1 atom stereocenters. The van der Waals surface area contributed by atoms with Crippen molar-refractivity contribution >= 4 is 5.91 Å². The Bertz CT molecular complexity index is 155. The zero-order chi connectivity index (χ0) is 10.4. The van der Waals surface area contributed by atoms with Gasteiger partial charge in [0.2, 0.25) is 5.91 Å². The quantitative estimate of drug-likeness (QED) is 0.707. The lowest BCUT2D eigenvalue weighted by Crippen LogP contribution is -2.43. The van der Waals surface area contributed by atoms with Crippen molar-refractivity contribution < 1.29 is 9.53 Å². The minimum absolute atomic E-state index is 0.0399. The van der Waals surface area contributed by atoms with E-state index in [9.17, 15) is 4.79 Å². The molecule has 0 spiro atoms. The molecule has 0 unspecified atom stereocenters. The van der Waals surface area contributed by atoms with Crippen LogP contribution in [0.2, 0.25) is 0 Å². The van der Waals surface area contributed by atoms with Crippen LogP contribution in [0.1, 0.15) is 27.7 Å². The molecule has 0 aliphatic heterocycles. The van der Waals surface area contributed by atoms with Crippen LogP contribution in [0.4, 0.5) is 0 Å². The van der Waals surface area contributed by atoms with Gasteiger partial charge in [-0.2, -0.15) is 0 Å². The maximum absolute atomic E-state index is 11.4. The van der Waals surface area contributed by atoms with E-state index in [-0.39, 0.29) is 17.9 Å². The highest BCUT2D eigenvalue weighted by atomic mass is 16.5.